The first-order valence-electron chi connectivity index (χ1n) is 9.34. The van der Waals surface area contributed by atoms with E-state index in [0.717, 1.165) is 33.4 Å². The average molecular weight is 407 g/mol. The summed E-state index contributed by atoms with van der Waals surface area (Å²) in [5, 5.41) is 4.84. The normalized spacial score (nSPS) is 12.2. The van der Waals surface area contributed by atoms with E-state index >= 15 is 0 Å². The topological polar surface area (TPSA) is 50.7 Å². The first-order chi connectivity index (χ1) is 13.9. The number of aromatic nitrogens is 3. The summed E-state index contributed by atoms with van der Waals surface area (Å²) in [5.74, 6) is 0.411. The van der Waals surface area contributed by atoms with Gasteiger partial charge in [0.15, 0.2) is 0 Å². The Kier molecular flexibility index (Phi) is 5.16. The third kappa shape index (κ3) is 3.78. The minimum Gasteiger partial charge on any atom is -0.377 e. The summed E-state index contributed by atoms with van der Waals surface area (Å²) < 4.78 is 14.7. The molecular formula is C23H20ClFN4. The number of nitrogens with one attached hydrogen (secondary N) is 1. The number of anilines is 1. The van der Waals surface area contributed by atoms with Gasteiger partial charge in [0.05, 0.1) is 28.0 Å². The number of aryl methyl sites for hydroxylation is 2. The maximum absolute atomic E-state index is 14.7. The molecule has 0 saturated heterocycles. The molecule has 2 aromatic carbocycles. The quantitative estimate of drug-likeness (QED) is 0.433. The van der Waals surface area contributed by atoms with Gasteiger partial charge in [0, 0.05) is 28.9 Å². The molecule has 1 atom stereocenters. The van der Waals surface area contributed by atoms with Crippen LogP contribution in [0.15, 0.2) is 54.9 Å². The summed E-state index contributed by atoms with van der Waals surface area (Å²) in [6, 6.07) is 12.5. The number of rotatable bonds is 4. The van der Waals surface area contributed by atoms with Crippen LogP contribution in [-0.4, -0.2) is 15.0 Å². The van der Waals surface area contributed by atoms with Crippen molar-refractivity contribution in [2.24, 2.45) is 0 Å². The third-order valence-electron chi connectivity index (χ3n) is 4.94. The standard InChI is InChI=1S/C23H20ClFN4/c1-13(29-23-18-6-4-5-7-21(18)28-14(2)22(23)24)19-10-16(8-9-20(19)25)17-11-26-15(3)27-12-17/h4-13H,1-3H3,(H,28,29). The van der Waals surface area contributed by atoms with Crippen LogP contribution in [0.4, 0.5) is 10.1 Å². The van der Waals surface area contributed by atoms with Crippen molar-refractivity contribution < 1.29 is 4.39 Å². The SMILES string of the molecule is Cc1ncc(-c2ccc(F)c(C(C)Nc3c(Cl)c(C)nc4ccccc34)c2)cn1. The maximum Gasteiger partial charge on any atom is 0.128 e. The molecule has 0 aliphatic carbocycles. The van der Waals surface area contributed by atoms with E-state index in [0.29, 0.717) is 16.4 Å². The molecular weight excluding hydrogens is 387 g/mol. The minimum absolute atomic E-state index is 0.284. The number of pyridine rings is 1. The van der Waals surface area contributed by atoms with Crippen LogP contribution in [0, 0.1) is 19.7 Å². The maximum atomic E-state index is 14.7. The lowest BCUT2D eigenvalue weighted by Gasteiger charge is -2.20. The minimum atomic E-state index is -0.316. The Morgan fingerprint density at radius 2 is 1.72 bits per heavy atom. The second-order valence-corrected chi connectivity index (χ2v) is 7.40. The average Bonchev–Trinajstić information content (AvgIpc) is 2.72. The smallest absolute Gasteiger partial charge is 0.128 e. The van der Waals surface area contributed by atoms with Crippen LogP contribution >= 0.6 is 11.6 Å². The molecule has 1 unspecified atom stereocenters. The van der Waals surface area contributed by atoms with Gasteiger partial charge in [-0.15, -0.1) is 0 Å². The second-order valence-electron chi connectivity index (χ2n) is 7.02. The summed E-state index contributed by atoms with van der Waals surface area (Å²) >= 11 is 6.55. The highest BCUT2D eigenvalue weighted by Crippen LogP contribution is 2.35. The molecule has 0 fully saturated rings. The van der Waals surface area contributed by atoms with Gasteiger partial charge in [0.25, 0.3) is 0 Å². The van der Waals surface area contributed by atoms with Gasteiger partial charge >= 0.3 is 0 Å². The van der Waals surface area contributed by atoms with Gasteiger partial charge in [-0.3, -0.25) is 4.98 Å². The van der Waals surface area contributed by atoms with Crippen LogP contribution in [-0.2, 0) is 0 Å². The highest BCUT2D eigenvalue weighted by Gasteiger charge is 2.17. The second kappa shape index (κ2) is 7.76. The van der Waals surface area contributed by atoms with E-state index in [1.807, 2.05) is 51.1 Å². The summed E-state index contributed by atoms with van der Waals surface area (Å²) in [5.41, 5.74) is 4.56. The lowest BCUT2D eigenvalue weighted by molar-refractivity contribution is 0.600. The number of hydrogen-bond donors (Lipinski definition) is 1. The number of fused-ring (bicyclic) bond motifs is 1. The van der Waals surface area contributed by atoms with Crippen molar-refractivity contribution in [3.05, 3.63) is 82.8 Å². The number of halogens is 2. The number of nitrogens with zero attached hydrogens (tertiary/aromatic N) is 3. The van der Waals surface area contributed by atoms with Gasteiger partial charge < -0.3 is 5.32 Å². The summed E-state index contributed by atoms with van der Waals surface area (Å²) in [7, 11) is 0. The molecule has 4 rings (SSSR count). The number of hydrogen-bond acceptors (Lipinski definition) is 4. The Balaban J connectivity index is 1.73. The molecule has 1 N–H and O–H groups in total. The molecule has 29 heavy (non-hydrogen) atoms. The summed E-state index contributed by atoms with van der Waals surface area (Å²) in [4.78, 5) is 13.0. The van der Waals surface area contributed by atoms with Crippen molar-refractivity contribution >= 4 is 28.2 Å². The summed E-state index contributed by atoms with van der Waals surface area (Å²) in [6.07, 6.45) is 3.49. The first kappa shape index (κ1) is 19.3. The van der Waals surface area contributed by atoms with E-state index in [9.17, 15) is 4.39 Å². The molecule has 0 aliphatic rings. The highest BCUT2D eigenvalue weighted by atomic mass is 35.5. The predicted molar refractivity (Wildman–Crippen MR) is 116 cm³/mol. The molecule has 4 aromatic rings. The van der Waals surface area contributed by atoms with E-state index in [1.54, 1.807) is 18.5 Å². The van der Waals surface area contributed by atoms with Gasteiger partial charge in [0.1, 0.15) is 11.6 Å². The molecule has 0 aliphatic heterocycles. The molecule has 146 valence electrons. The van der Waals surface area contributed by atoms with Crippen molar-refractivity contribution in [2.75, 3.05) is 5.32 Å². The fourth-order valence-corrected chi connectivity index (χ4v) is 3.54. The molecule has 0 bridgehead atoms. The zero-order chi connectivity index (χ0) is 20.5. The molecule has 4 nitrogen and oxygen atoms in total. The van der Waals surface area contributed by atoms with Gasteiger partial charge in [-0.1, -0.05) is 35.9 Å². The van der Waals surface area contributed by atoms with Gasteiger partial charge in [0.2, 0.25) is 0 Å². The lowest BCUT2D eigenvalue weighted by Crippen LogP contribution is -2.10. The molecule has 0 saturated carbocycles. The molecule has 2 aromatic heterocycles. The largest absolute Gasteiger partial charge is 0.377 e. The zero-order valence-electron chi connectivity index (χ0n) is 16.4. The Bertz CT molecular complexity index is 1190. The van der Waals surface area contributed by atoms with E-state index < -0.39 is 0 Å². The van der Waals surface area contributed by atoms with Crippen molar-refractivity contribution in [2.45, 2.75) is 26.8 Å². The third-order valence-corrected chi connectivity index (χ3v) is 5.40. The van der Waals surface area contributed by atoms with Gasteiger partial charge in [-0.2, -0.15) is 0 Å². The molecule has 6 heteroatoms. The first-order valence-corrected chi connectivity index (χ1v) is 9.71. The van der Waals surface area contributed by atoms with E-state index in [4.69, 9.17) is 11.6 Å². The van der Waals surface area contributed by atoms with Crippen LogP contribution in [0.3, 0.4) is 0 Å². The van der Waals surface area contributed by atoms with E-state index in [2.05, 4.69) is 20.3 Å². The lowest BCUT2D eigenvalue weighted by atomic mass is 10.0. The van der Waals surface area contributed by atoms with Crippen molar-refractivity contribution in [1.29, 1.82) is 0 Å². The van der Waals surface area contributed by atoms with Crippen molar-refractivity contribution in [3.63, 3.8) is 0 Å². The Morgan fingerprint density at radius 3 is 2.48 bits per heavy atom. The fraction of sp³-hybridized carbons (Fsp3) is 0.174. The van der Waals surface area contributed by atoms with Crippen molar-refractivity contribution in [1.82, 2.24) is 15.0 Å². The fourth-order valence-electron chi connectivity index (χ4n) is 3.34. The van der Waals surface area contributed by atoms with Gasteiger partial charge in [-0.25, -0.2) is 14.4 Å². The monoisotopic (exact) mass is 406 g/mol. The molecule has 2 heterocycles. The highest BCUT2D eigenvalue weighted by molar-refractivity contribution is 6.35. The molecule has 0 spiro atoms. The van der Waals surface area contributed by atoms with Crippen LogP contribution in [0.2, 0.25) is 5.02 Å². The molecule has 0 amide bonds. The zero-order valence-corrected chi connectivity index (χ0v) is 17.1. The molecule has 0 radical (unpaired) electrons. The predicted octanol–water partition coefficient (Wildman–Crippen LogP) is 6.27. The number of para-hydroxylation sites is 1. The van der Waals surface area contributed by atoms with Crippen LogP contribution in [0.5, 0.6) is 0 Å². The van der Waals surface area contributed by atoms with E-state index in [-0.39, 0.29) is 11.9 Å². The Morgan fingerprint density at radius 1 is 1.00 bits per heavy atom. The van der Waals surface area contributed by atoms with Crippen LogP contribution in [0.25, 0.3) is 22.0 Å². The van der Waals surface area contributed by atoms with Crippen LogP contribution < -0.4 is 5.32 Å². The van der Waals surface area contributed by atoms with Gasteiger partial charge in [-0.05, 0) is 44.5 Å². The van der Waals surface area contributed by atoms with Crippen molar-refractivity contribution in [3.8, 4) is 11.1 Å². The Labute approximate surface area is 173 Å². The van der Waals surface area contributed by atoms with E-state index in [1.165, 1.54) is 6.07 Å². The summed E-state index contributed by atoms with van der Waals surface area (Å²) in [6.45, 7) is 5.61. The Hall–Kier alpha value is -3.05. The number of benzene rings is 2. The van der Waals surface area contributed by atoms with Crippen LogP contribution in [0.1, 0.15) is 30.0 Å².